The maximum absolute atomic E-state index is 11.4. The molecule has 7 nitrogen and oxygen atoms in total. The number of Topliss-reactive ketones (excluding diaryl/α,β-unsaturated/α-hetero) is 1. The first-order chi connectivity index (χ1) is 13.8. The van der Waals surface area contributed by atoms with Crippen LogP contribution >= 0.6 is 0 Å². The van der Waals surface area contributed by atoms with Gasteiger partial charge in [0.15, 0.2) is 0 Å². The van der Waals surface area contributed by atoms with E-state index in [2.05, 4.69) is 10.0 Å². The van der Waals surface area contributed by atoms with Gasteiger partial charge in [-0.25, -0.2) is 8.42 Å². The number of ketones is 1. The lowest BCUT2D eigenvalue weighted by molar-refractivity contribution is -0.116. The maximum Gasteiger partial charge on any atom is 0.229 e. The predicted molar refractivity (Wildman–Crippen MR) is 118 cm³/mol. The van der Waals surface area contributed by atoms with Crippen molar-refractivity contribution >= 4 is 21.5 Å². The Morgan fingerprint density at radius 1 is 1.13 bits per heavy atom. The lowest BCUT2D eigenvalue weighted by Crippen LogP contribution is -2.43. The maximum atomic E-state index is 11.4. The van der Waals surface area contributed by atoms with Crippen LogP contribution in [0.4, 0.5) is 5.69 Å². The zero-order chi connectivity index (χ0) is 22.5. The standard InChI is InChI=1S/C22H30N2O5S/c1-15(25)10-16-6-5-7-17(11-16)13-22(2,3)23-14-21(27)18-8-9-20(26)19(12-18)24-30(4,28)29/h5-9,11-12,21,23-24,26-27H,10,13-14H2,1-4H3/t21-/m0/s1. The van der Waals surface area contributed by atoms with Gasteiger partial charge in [-0.2, -0.15) is 0 Å². The van der Waals surface area contributed by atoms with Gasteiger partial charge in [-0.15, -0.1) is 0 Å². The number of hydrogen-bond acceptors (Lipinski definition) is 6. The minimum atomic E-state index is -3.55. The number of β-amino-alcohol motifs (C(OH)–C–C–N with tert-alkyl or cyclic N) is 1. The third-order valence-electron chi connectivity index (χ3n) is 4.57. The molecule has 0 saturated carbocycles. The number of phenolic OH excluding ortho intramolecular Hbond substituents is 1. The highest BCUT2D eigenvalue weighted by Crippen LogP contribution is 2.28. The second-order valence-corrected chi connectivity index (χ2v) is 10.1. The van der Waals surface area contributed by atoms with E-state index in [-0.39, 0.29) is 29.3 Å². The van der Waals surface area contributed by atoms with Crippen LogP contribution in [0, 0.1) is 0 Å². The second-order valence-electron chi connectivity index (χ2n) is 8.31. The van der Waals surface area contributed by atoms with E-state index in [1.165, 1.54) is 12.1 Å². The molecule has 0 heterocycles. The van der Waals surface area contributed by atoms with Crippen LogP contribution in [0.15, 0.2) is 42.5 Å². The molecule has 0 fully saturated rings. The van der Waals surface area contributed by atoms with Gasteiger partial charge in [-0.1, -0.05) is 30.3 Å². The summed E-state index contributed by atoms with van der Waals surface area (Å²) in [5.41, 5.74) is 2.23. The third-order valence-corrected chi connectivity index (χ3v) is 5.16. The van der Waals surface area contributed by atoms with Crippen molar-refractivity contribution in [2.75, 3.05) is 17.5 Å². The number of carbonyl (C=O) groups excluding carboxylic acids is 1. The van der Waals surface area contributed by atoms with E-state index >= 15 is 0 Å². The van der Waals surface area contributed by atoms with Crippen molar-refractivity contribution in [3.05, 3.63) is 59.2 Å². The molecule has 1 atom stereocenters. The average Bonchev–Trinajstić information content (AvgIpc) is 2.60. The van der Waals surface area contributed by atoms with Gasteiger partial charge in [0.05, 0.1) is 18.0 Å². The number of sulfonamides is 1. The fourth-order valence-electron chi connectivity index (χ4n) is 3.24. The van der Waals surface area contributed by atoms with Crippen molar-refractivity contribution < 1.29 is 23.4 Å². The van der Waals surface area contributed by atoms with Gasteiger partial charge in [-0.3, -0.25) is 9.52 Å². The molecule has 0 radical (unpaired) electrons. The number of anilines is 1. The lowest BCUT2D eigenvalue weighted by Gasteiger charge is -2.28. The number of phenols is 1. The molecule has 8 heteroatoms. The SMILES string of the molecule is CC(=O)Cc1cccc(CC(C)(C)NC[C@H](O)c2ccc(O)c(NS(C)(=O)=O)c2)c1. The highest BCUT2D eigenvalue weighted by molar-refractivity contribution is 7.92. The molecule has 2 aromatic carbocycles. The molecular formula is C22H30N2O5S. The Labute approximate surface area is 178 Å². The van der Waals surface area contributed by atoms with E-state index in [1.54, 1.807) is 13.0 Å². The zero-order valence-electron chi connectivity index (χ0n) is 17.8. The number of aliphatic hydroxyl groups excluding tert-OH is 1. The fraction of sp³-hybridized carbons (Fsp3) is 0.409. The minimum absolute atomic E-state index is 0.0237. The van der Waals surface area contributed by atoms with Crippen LogP contribution in [0.3, 0.4) is 0 Å². The van der Waals surface area contributed by atoms with Crippen LogP contribution in [-0.2, 0) is 27.7 Å². The molecule has 0 unspecified atom stereocenters. The summed E-state index contributed by atoms with van der Waals surface area (Å²) in [5.74, 6) is -0.0959. The number of hydrogen-bond donors (Lipinski definition) is 4. The van der Waals surface area contributed by atoms with Crippen molar-refractivity contribution in [2.45, 2.75) is 45.3 Å². The zero-order valence-corrected chi connectivity index (χ0v) is 18.6. The van der Waals surface area contributed by atoms with Crippen molar-refractivity contribution in [1.29, 1.82) is 0 Å². The summed E-state index contributed by atoms with van der Waals surface area (Å²) in [6, 6.07) is 12.2. The average molecular weight is 435 g/mol. The molecule has 164 valence electrons. The van der Waals surface area contributed by atoms with E-state index in [4.69, 9.17) is 0 Å². The van der Waals surface area contributed by atoms with Gasteiger partial charge in [0.1, 0.15) is 11.5 Å². The Morgan fingerprint density at radius 3 is 2.43 bits per heavy atom. The van der Waals surface area contributed by atoms with Crippen LogP contribution in [-0.4, -0.2) is 42.8 Å². The predicted octanol–water partition coefficient (Wildman–Crippen LogP) is 2.54. The highest BCUT2D eigenvalue weighted by atomic mass is 32.2. The number of carbonyl (C=O) groups is 1. The quantitative estimate of drug-likeness (QED) is 0.427. The summed E-state index contributed by atoms with van der Waals surface area (Å²) in [4.78, 5) is 11.3. The number of aromatic hydroxyl groups is 1. The molecule has 0 aliphatic heterocycles. The highest BCUT2D eigenvalue weighted by Gasteiger charge is 2.21. The van der Waals surface area contributed by atoms with E-state index in [9.17, 15) is 23.4 Å². The van der Waals surface area contributed by atoms with Gasteiger partial charge in [0, 0.05) is 18.5 Å². The van der Waals surface area contributed by atoms with Crippen LogP contribution in [0.25, 0.3) is 0 Å². The Kier molecular flexibility index (Phi) is 7.63. The van der Waals surface area contributed by atoms with Gasteiger partial charge < -0.3 is 15.5 Å². The van der Waals surface area contributed by atoms with Crippen molar-refractivity contribution in [1.82, 2.24) is 5.32 Å². The van der Waals surface area contributed by atoms with Crippen molar-refractivity contribution in [2.24, 2.45) is 0 Å². The Hall–Kier alpha value is -2.42. The molecule has 0 aliphatic rings. The second kappa shape index (κ2) is 9.59. The normalized spacial score (nSPS) is 13.1. The third kappa shape index (κ3) is 7.78. The summed E-state index contributed by atoms with van der Waals surface area (Å²) in [6.45, 7) is 5.85. The first-order valence-electron chi connectivity index (χ1n) is 9.66. The molecule has 0 spiro atoms. The van der Waals surface area contributed by atoms with Crippen LogP contribution in [0.2, 0.25) is 0 Å². The largest absolute Gasteiger partial charge is 0.506 e. The summed E-state index contributed by atoms with van der Waals surface area (Å²) in [6.07, 6.45) is 1.20. The number of nitrogens with one attached hydrogen (secondary N) is 2. The first kappa shape index (κ1) is 23.9. The van der Waals surface area contributed by atoms with E-state index < -0.39 is 16.1 Å². The lowest BCUT2D eigenvalue weighted by atomic mass is 9.93. The van der Waals surface area contributed by atoms with E-state index in [0.29, 0.717) is 18.4 Å². The molecule has 4 N–H and O–H groups in total. The minimum Gasteiger partial charge on any atom is -0.506 e. The molecule has 2 aromatic rings. The summed E-state index contributed by atoms with van der Waals surface area (Å²) >= 11 is 0. The monoisotopic (exact) mass is 434 g/mol. The molecule has 0 aliphatic carbocycles. The molecule has 0 bridgehead atoms. The van der Waals surface area contributed by atoms with Crippen molar-refractivity contribution in [3.63, 3.8) is 0 Å². The molecule has 0 saturated heterocycles. The Morgan fingerprint density at radius 2 is 1.80 bits per heavy atom. The van der Waals surface area contributed by atoms with Gasteiger partial charge in [0.25, 0.3) is 0 Å². The summed E-state index contributed by atoms with van der Waals surface area (Å²) in [5, 5.41) is 23.7. The smallest absolute Gasteiger partial charge is 0.229 e. The van der Waals surface area contributed by atoms with Crippen molar-refractivity contribution in [3.8, 4) is 5.75 Å². The van der Waals surface area contributed by atoms with Crippen LogP contribution < -0.4 is 10.0 Å². The number of aliphatic hydroxyl groups is 1. The Bertz CT molecular complexity index is 1000. The van der Waals surface area contributed by atoms with Gasteiger partial charge in [0.2, 0.25) is 10.0 Å². The molecular weight excluding hydrogens is 404 g/mol. The summed E-state index contributed by atoms with van der Waals surface area (Å²) in [7, 11) is -3.55. The fourth-order valence-corrected chi connectivity index (χ4v) is 3.81. The molecule has 30 heavy (non-hydrogen) atoms. The first-order valence-corrected chi connectivity index (χ1v) is 11.5. The molecule has 2 rings (SSSR count). The number of rotatable bonds is 10. The molecule has 0 amide bonds. The van der Waals surface area contributed by atoms with Gasteiger partial charge in [-0.05, 0) is 56.0 Å². The van der Waals surface area contributed by atoms with Crippen LogP contribution in [0.1, 0.15) is 43.6 Å². The van der Waals surface area contributed by atoms with Crippen LogP contribution in [0.5, 0.6) is 5.75 Å². The summed E-state index contributed by atoms with van der Waals surface area (Å²) < 4.78 is 25.1. The van der Waals surface area contributed by atoms with E-state index in [0.717, 1.165) is 17.4 Å². The molecule has 0 aromatic heterocycles. The number of benzene rings is 2. The topological polar surface area (TPSA) is 116 Å². The Balaban J connectivity index is 2.03. The van der Waals surface area contributed by atoms with Gasteiger partial charge >= 0.3 is 0 Å². The van der Waals surface area contributed by atoms with E-state index in [1.807, 2.05) is 38.1 Å².